The topological polar surface area (TPSA) is 68.3 Å². The molecule has 3 rings (SSSR count). The van der Waals surface area contributed by atoms with Crippen LogP contribution in [0.2, 0.25) is 0 Å². The number of anilines is 1. The van der Waals surface area contributed by atoms with Crippen LogP contribution in [-0.4, -0.2) is 24.0 Å². The highest BCUT2D eigenvalue weighted by Gasteiger charge is 2.23. The van der Waals surface area contributed by atoms with Gasteiger partial charge in [0.05, 0.1) is 23.9 Å². The van der Waals surface area contributed by atoms with Crippen LogP contribution in [0.3, 0.4) is 0 Å². The number of esters is 1. The Balaban J connectivity index is 1.73. The number of aromatic nitrogens is 1. The highest BCUT2D eigenvalue weighted by molar-refractivity contribution is 7.13. The molecule has 1 fully saturated rings. The van der Waals surface area contributed by atoms with E-state index in [9.17, 15) is 9.59 Å². The number of methoxy groups -OCH3 is 1. The second-order valence-electron chi connectivity index (χ2n) is 5.74. The molecule has 1 N–H and O–H groups in total. The predicted octanol–water partition coefficient (Wildman–Crippen LogP) is 3.44. The van der Waals surface area contributed by atoms with E-state index in [1.165, 1.54) is 31.3 Å². The van der Waals surface area contributed by atoms with Gasteiger partial charge in [0.1, 0.15) is 4.88 Å². The van der Waals surface area contributed by atoms with Gasteiger partial charge < -0.3 is 10.1 Å². The van der Waals surface area contributed by atoms with Crippen molar-refractivity contribution in [1.82, 2.24) is 4.98 Å². The largest absolute Gasteiger partial charge is 0.465 e. The summed E-state index contributed by atoms with van der Waals surface area (Å²) in [6, 6.07) is 5.09. The lowest BCUT2D eigenvalue weighted by atomic mass is 10.1. The molecule has 1 saturated carbocycles. The minimum atomic E-state index is -0.426. The fraction of sp³-hybridized carbons (Fsp3) is 0.353. The SMILES string of the molecule is COC(=O)c1ccc(C)c(NC(=O)c2cnc(CC3CC3)s2)c1. The summed E-state index contributed by atoms with van der Waals surface area (Å²) < 4.78 is 4.71. The number of benzene rings is 1. The first kappa shape index (κ1) is 15.7. The first-order valence-corrected chi connectivity index (χ1v) is 8.33. The molecule has 1 aromatic carbocycles. The average Bonchev–Trinajstić information content (AvgIpc) is 3.23. The molecule has 1 aliphatic carbocycles. The molecule has 0 atom stereocenters. The molecule has 1 aliphatic rings. The van der Waals surface area contributed by atoms with Gasteiger partial charge in [-0.2, -0.15) is 0 Å². The molecule has 1 amide bonds. The maximum Gasteiger partial charge on any atom is 0.337 e. The molecule has 23 heavy (non-hydrogen) atoms. The highest BCUT2D eigenvalue weighted by Crippen LogP contribution is 2.33. The molecule has 1 aromatic heterocycles. The second kappa shape index (κ2) is 6.50. The Hall–Kier alpha value is -2.21. The Morgan fingerprint density at radius 1 is 1.39 bits per heavy atom. The van der Waals surface area contributed by atoms with Crippen molar-refractivity contribution in [2.75, 3.05) is 12.4 Å². The van der Waals surface area contributed by atoms with Crippen LogP contribution in [0, 0.1) is 12.8 Å². The molecule has 0 unspecified atom stereocenters. The number of amides is 1. The van der Waals surface area contributed by atoms with Crippen LogP contribution in [0.15, 0.2) is 24.4 Å². The van der Waals surface area contributed by atoms with E-state index in [1.54, 1.807) is 24.4 Å². The van der Waals surface area contributed by atoms with Crippen LogP contribution in [0.25, 0.3) is 0 Å². The van der Waals surface area contributed by atoms with Gasteiger partial charge in [-0.3, -0.25) is 4.79 Å². The van der Waals surface area contributed by atoms with E-state index in [-0.39, 0.29) is 5.91 Å². The number of aryl methyl sites for hydroxylation is 1. The third-order valence-electron chi connectivity index (χ3n) is 3.84. The van der Waals surface area contributed by atoms with Gasteiger partial charge in [-0.1, -0.05) is 6.07 Å². The van der Waals surface area contributed by atoms with Crippen LogP contribution in [-0.2, 0) is 11.2 Å². The molecule has 0 saturated heterocycles. The Labute approximate surface area is 138 Å². The minimum Gasteiger partial charge on any atom is -0.465 e. The zero-order valence-corrected chi connectivity index (χ0v) is 13.9. The molecule has 0 bridgehead atoms. The first-order chi connectivity index (χ1) is 11.1. The summed E-state index contributed by atoms with van der Waals surface area (Å²) in [5.74, 6) is 0.121. The van der Waals surface area contributed by atoms with Crippen LogP contribution >= 0.6 is 11.3 Å². The molecule has 5 nitrogen and oxygen atoms in total. The number of rotatable bonds is 5. The lowest BCUT2D eigenvalue weighted by Crippen LogP contribution is -2.12. The summed E-state index contributed by atoms with van der Waals surface area (Å²) in [4.78, 5) is 28.9. The summed E-state index contributed by atoms with van der Waals surface area (Å²) in [6.45, 7) is 1.88. The van der Waals surface area contributed by atoms with Gasteiger partial charge in [0, 0.05) is 12.1 Å². The lowest BCUT2D eigenvalue weighted by molar-refractivity contribution is 0.0600. The predicted molar refractivity (Wildman–Crippen MR) is 89.0 cm³/mol. The fourth-order valence-corrected chi connectivity index (χ4v) is 3.19. The smallest absolute Gasteiger partial charge is 0.337 e. The zero-order valence-electron chi connectivity index (χ0n) is 13.1. The van der Waals surface area contributed by atoms with Crippen LogP contribution in [0.5, 0.6) is 0 Å². The van der Waals surface area contributed by atoms with Gasteiger partial charge >= 0.3 is 5.97 Å². The third-order valence-corrected chi connectivity index (χ3v) is 4.86. The van der Waals surface area contributed by atoms with Crippen molar-refractivity contribution in [3.8, 4) is 0 Å². The summed E-state index contributed by atoms with van der Waals surface area (Å²) in [7, 11) is 1.33. The quantitative estimate of drug-likeness (QED) is 0.853. The lowest BCUT2D eigenvalue weighted by Gasteiger charge is -2.09. The number of hydrogen-bond donors (Lipinski definition) is 1. The standard InChI is InChI=1S/C17H18N2O3S/c1-10-3-6-12(17(21)22-2)8-13(10)19-16(20)14-9-18-15(23-14)7-11-4-5-11/h3,6,8-9,11H,4-5,7H2,1-2H3,(H,19,20). The Bertz CT molecular complexity index is 750. The van der Waals surface area contributed by atoms with Gasteiger partial charge in [-0.05, 0) is 43.4 Å². The first-order valence-electron chi connectivity index (χ1n) is 7.52. The maximum absolute atomic E-state index is 12.4. The molecule has 6 heteroatoms. The highest BCUT2D eigenvalue weighted by atomic mass is 32.1. The molecule has 120 valence electrons. The van der Waals surface area contributed by atoms with Gasteiger partial charge in [-0.25, -0.2) is 9.78 Å². The molecule has 2 aromatic rings. The van der Waals surface area contributed by atoms with Gasteiger partial charge in [0.25, 0.3) is 5.91 Å². The molecular formula is C17H18N2O3S. The number of hydrogen-bond acceptors (Lipinski definition) is 5. The maximum atomic E-state index is 12.4. The van der Waals surface area contributed by atoms with Crippen LogP contribution in [0.1, 0.15) is 43.4 Å². The Morgan fingerprint density at radius 2 is 2.17 bits per heavy atom. The number of thiazole rings is 1. The van der Waals surface area contributed by atoms with Crippen LogP contribution in [0.4, 0.5) is 5.69 Å². The van der Waals surface area contributed by atoms with Gasteiger partial charge in [0.15, 0.2) is 0 Å². The van der Waals surface area contributed by atoms with Crippen molar-refractivity contribution >= 4 is 28.9 Å². The van der Waals surface area contributed by atoms with Crippen LogP contribution < -0.4 is 5.32 Å². The van der Waals surface area contributed by atoms with Crippen molar-refractivity contribution in [3.05, 3.63) is 45.4 Å². The van der Waals surface area contributed by atoms with E-state index in [0.717, 1.165) is 22.9 Å². The molecule has 0 aliphatic heterocycles. The van der Waals surface area contributed by atoms with Crippen molar-refractivity contribution in [2.45, 2.75) is 26.2 Å². The monoisotopic (exact) mass is 330 g/mol. The van der Waals surface area contributed by atoms with Gasteiger partial charge in [-0.15, -0.1) is 11.3 Å². The average molecular weight is 330 g/mol. The number of carbonyl (C=O) groups excluding carboxylic acids is 2. The number of nitrogens with zero attached hydrogens (tertiary/aromatic N) is 1. The van der Waals surface area contributed by atoms with E-state index in [4.69, 9.17) is 4.74 Å². The number of ether oxygens (including phenoxy) is 1. The Morgan fingerprint density at radius 3 is 2.87 bits per heavy atom. The van der Waals surface area contributed by atoms with E-state index in [2.05, 4.69) is 10.3 Å². The molecule has 1 heterocycles. The molecule has 0 spiro atoms. The molecular weight excluding hydrogens is 312 g/mol. The van der Waals surface area contributed by atoms with Crippen molar-refractivity contribution in [3.63, 3.8) is 0 Å². The van der Waals surface area contributed by atoms with Crippen molar-refractivity contribution in [2.24, 2.45) is 5.92 Å². The summed E-state index contributed by atoms with van der Waals surface area (Å²) in [5.41, 5.74) is 1.90. The summed E-state index contributed by atoms with van der Waals surface area (Å²) in [5, 5.41) is 3.86. The van der Waals surface area contributed by atoms with E-state index >= 15 is 0 Å². The molecule has 0 radical (unpaired) electrons. The van der Waals surface area contributed by atoms with Crippen molar-refractivity contribution in [1.29, 1.82) is 0 Å². The number of carbonyl (C=O) groups is 2. The minimum absolute atomic E-state index is 0.199. The zero-order chi connectivity index (χ0) is 16.4. The van der Waals surface area contributed by atoms with E-state index in [1.807, 2.05) is 6.92 Å². The summed E-state index contributed by atoms with van der Waals surface area (Å²) >= 11 is 1.43. The normalized spacial score (nSPS) is 13.7. The summed E-state index contributed by atoms with van der Waals surface area (Å²) in [6.07, 6.45) is 5.12. The van der Waals surface area contributed by atoms with E-state index < -0.39 is 5.97 Å². The van der Waals surface area contributed by atoms with Crippen molar-refractivity contribution < 1.29 is 14.3 Å². The van der Waals surface area contributed by atoms with Gasteiger partial charge in [0.2, 0.25) is 0 Å². The second-order valence-corrected chi connectivity index (χ2v) is 6.86. The van der Waals surface area contributed by atoms with E-state index in [0.29, 0.717) is 16.1 Å². The fourth-order valence-electron chi connectivity index (χ4n) is 2.26. The number of nitrogens with one attached hydrogen (secondary N) is 1. The Kier molecular flexibility index (Phi) is 4.43. The third kappa shape index (κ3) is 3.76.